The normalized spacial score (nSPS) is 16.8. The Morgan fingerprint density at radius 2 is 1.41 bits per heavy atom. The van der Waals surface area contributed by atoms with Crippen molar-refractivity contribution in [3.8, 4) is 11.5 Å². The maximum atomic E-state index is 13.5. The van der Waals surface area contributed by atoms with Gasteiger partial charge in [-0.25, -0.2) is 18.4 Å². The summed E-state index contributed by atoms with van der Waals surface area (Å²) in [4.78, 5) is 21.5. The molecule has 3 aromatic rings. The van der Waals surface area contributed by atoms with Crippen LogP contribution in [0.3, 0.4) is 0 Å². The third-order valence-corrected chi connectivity index (χ3v) is 8.09. The first-order valence-corrected chi connectivity index (χ1v) is 15.0. The Bertz CT molecular complexity index is 1410. The van der Waals surface area contributed by atoms with E-state index in [9.17, 15) is 18.4 Å². The smallest absolute Gasteiger partial charge is 0.328 e. The number of nitrogens with zero attached hydrogens (tertiary/aromatic N) is 1. The molecule has 2 aliphatic rings. The Morgan fingerprint density at radius 1 is 0.891 bits per heavy atom. The quantitative estimate of drug-likeness (QED) is 0.250. The van der Waals surface area contributed by atoms with Crippen LogP contribution in [0.5, 0.6) is 11.5 Å². The van der Waals surface area contributed by atoms with Crippen molar-refractivity contribution in [2.45, 2.75) is 31.5 Å². The second-order valence-corrected chi connectivity index (χ2v) is 11.0. The van der Waals surface area contributed by atoms with E-state index in [0.29, 0.717) is 24.7 Å². The van der Waals surface area contributed by atoms with Gasteiger partial charge in [-0.05, 0) is 96.9 Å². The van der Waals surface area contributed by atoms with Gasteiger partial charge in [0.1, 0.15) is 17.7 Å². The molecule has 46 heavy (non-hydrogen) atoms. The minimum atomic E-state index is -1.26. The molecule has 0 spiro atoms. The zero-order chi connectivity index (χ0) is 33.1. The second kappa shape index (κ2) is 16.8. The molecule has 2 heterocycles. The number of halogens is 2. The SMILES string of the molecule is COc1cc2c(cc1OC)C(C1CCN(CCOC(c3ccc(F)cc3)c3ccc(F)cc3)CC1)OCC2.O=C(O)/C=C/C(=O)O. The topological polar surface area (TPSA) is 115 Å². The molecule has 0 radical (unpaired) electrons. The van der Waals surface area contributed by atoms with Crippen LogP contribution in [0.15, 0.2) is 72.8 Å². The lowest BCUT2D eigenvalue weighted by atomic mass is 9.83. The van der Waals surface area contributed by atoms with E-state index >= 15 is 0 Å². The lowest BCUT2D eigenvalue weighted by Gasteiger charge is -2.38. The summed E-state index contributed by atoms with van der Waals surface area (Å²) in [5, 5.41) is 15.6. The van der Waals surface area contributed by atoms with Gasteiger partial charge in [-0.1, -0.05) is 24.3 Å². The highest BCUT2D eigenvalue weighted by atomic mass is 19.1. The summed E-state index contributed by atoms with van der Waals surface area (Å²) in [5.41, 5.74) is 4.19. The molecule has 0 saturated carbocycles. The van der Waals surface area contributed by atoms with Crippen molar-refractivity contribution < 1.29 is 47.5 Å². The van der Waals surface area contributed by atoms with Crippen LogP contribution in [0.2, 0.25) is 0 Å². The van der Waals surface area contributed by atoms with E-state index < -0.39 is 11.9 Å². The van der Waals surface area contributed by atoms with Crippen LogP contribution in [0.4, 0.5) is 8.78 Å². The first-order chi connectivity index (χ1) is 22.2. The fourth-order valence-corrected chi connectivity index (χ4v) is 5.78. The van der Waals surface area contributed by atoms with Crippen molar-refractivity contribution in [3.63, 3.8) is 0 Å². The molecule has 1 saturated heterocycles. The fraction of sp³-hybridized carbons (Fsp3) is 0.371. The highest BCUT2D eigenvalue weighted by Gasteiger charge is 2.33. The van der Waals surface area contributed by atoms with Gasteiger partial charge < -0.3 is 34.1 Å². The molecule has 0 aromatic heterocycles. The zero-order valence-electron chi connectivity index (χ0n) is 25.9. The summed E-state index contributed by atoms with van der Waals surface area (Å²) in [6, 6.07) is 16.8. The van der Waals surface area contributed by atoms with Crippen molar-refractivity contribution in [3.05, 3.63) is 107 Å². The molecule has 5 rings (SSSR count). The number of methoxy groups -OCH3 is 2. The van der Waals surface area contributed by atoms with Crippen LogP contribution >= 0.6 is 0 Å². The van der Waals surface area contributed by atoms with Crippen molar-refractivity contribution in [2.75, 3.05) is 47.1 Å². The summed E-state index contributed by atoms with van der Waals surface area (Å²) >= 11 is 0. The molecule has 11 heteroatoms. The molecule has 0 bridgehead atoms. The first kappa shape index (κ1) is 34.6. The number of likely N-dealkylation sites (tertiary alicyclic amines) is 1. The molecule has 3 aromatic carbocycles. The molecule has 1 unspecified atom stereocenters. The Hall–Kier alpha value is -4.32. The number of carboxylic acid groups (broad SMARTS) is 2. The van der Waals surface area contributed by atoms with E-state index in [1.54, 1.807) is 38.5 Å². The van der Waals surface area contributed by atoms with E-state index in [4.69, 9.17) is 29.2 Å². The number of aliphatic carboxylic acids is 2. The second-order valence-electron chi connectivity index (χ2n) is 11.0. The van der Waals surface area contributed by atoms with E-state index in [0.717, 1.165) is 68.1 Å². The van der Waals surface area contributed by atoms with Crippen molar-refractivity contribution in [2.24, 2.45) is 5.92 Å². The summed E-state index contributed by atoms with van der Waals surface area (Å²) in [5.74, 6) is -1.15. The average Bonchev–Trinajstić information content (AvgIpc) is 3.06. The van der Waals surface area contributed by atoms with Gasteiger partial charge in [-0.15, -0.1) is 0 Å². The predicted molar refractivity (Wildman–Crippen MR) is 166 cm³/mol. The lowest BCUT2D eigenvalue weighted by molar-refractivity contribution is -0.134. The maximum Gasteiger partial charge on any atom is 0.328 e. The number of carbonyl (C=O) groups is 2. The van der Waals surface area contributed by atoms with Crippen LogP contribution < -0.4 is 9.47 Å². The van der Waals surface area contributed by atoms with Crippen LogP contribution in [0, 0.1) is 17.6 Å². The lowest BCUT2D eigenvalue weighted by Crippen LogP contribution is -2.39. The number of carboxylic acids is 2. The Balaban J connectivity index is 0.000000533. The van der Waals surface area contributed by atoms with E-state index in [1.165, 1.54) is 35.4 Å². The molecule has 0 amide bonds. The molecule has 2 aliphatic heterocycles. The highest BCUT2D eigenvalue weighted by molar-refractivity contribution is 5.89. The highest BCUT2D eigenvalue weighted by Crippen LogP contribution is 2.42. The van der Waals surface area contributed by atoms with E-state index in [-0.39, 0.29) is 23.8 Å². The molecule has 246 valence electrons. The summed E-state index contributed by atoms with van der Waals surface area (Å²) in [6.07, 6.45) is 3.76. The Labute approximate surface area is 267 Å². The monoisotopic (exact) mass is 639 g/mol. The van der Waals surface area contributed by atoms with E-state index in [1.807, 2.05) is 0 Å². The number of piperidine rings is 1. The van der Waals surface area contributed by atoms with Gasteiger partial charge in [-0.3, -0.25) is 0 Å². The van der Waals surface area contributed by atoms with Crippen molar-refractivity contribution >= 4 is 11.9 Å². The number of hydrogen-bond donors (Lipinski definition) is 2. The van der Waals surface area contributed by atoms with Gasteiger partial charge in [0.25, 0.3) is 0 Å². The van der Waals surface area contributed by atoms with Gasteiger partial charge in [0, 0.05) is 18.7 Å². The van der Waals surface area contributed by atoms with Gasteiger partial charge in [0.15, 0.2) is 11.5 Å². The molecular weight excluding hydrogens is 600 g/mol. The Kier molecular flexibility index (Phi) is 12.6. The standard InChI is InChI=1S/C31H35F2NO4.C4H4O4/c1-35-28-19-24-13-17-37-31(27(24)20-29(28)36-2)23-11-14-34(15-12-23)16-18-38-30(21-3-7-25(32)8-4-21)22-5-9-26(33)10-6-22;5-3(6)1-2-4(7)8/h3-10,19-20,23,30-31H,11-18H2,1-2H3;1-2H,(H,5,6)(H,7,8)/b;2-1+. The number of benzene rings is 3. The van der Waals surface area contributed by atoms with Gasteiger partial charge in [0.05, 0.1) is 33.5 Å². The maximum absolute atomic E-state index is 13.5. The summed E-state index contributed by atoms with van der Waals surface area (Å²) in [7, 11) is 3.34. The molecule has 2 N–H and O–H groups in total. The summed E-state index contributed by atoms with van der Waals surface area (Å²) < 4.78 is 50.6. The largest absolute Gasteiger partial charge is 0.493 e. The fourth-order valence-electron chi connectivity index (χ4n) is 5.78. The van der Waals surface area contributed by atoms with Crippen molar-refractivity contribution in [1.29, 1.82) is 0 Å². The first-order valence-electron chi connectivity index (χ1n) is 15.0. The van der Waals surface area contributed by atoms with Gasteiger partial charge in [0.2, 0.25) is 0 Å². The number of fused-ring (bicyclic) bond motifs is 1. The van der Waals surface area contributed by atoms with Crippen LogP contribution in [-0.4, -0.2) is 74.1 Å². The molecule has 1 atom stereocenters. The van der Waals surface area contributed by atoms with Gasteiger partial charge >= 0.3 is 11.9 Å². The van der Waals surface area contributed by atoms with E-state index in [2.05, 4.69) is 17.0 Å². The number of rotatable bonds is 11. The predicted octanol–water partition coefficient (Wildman–Crippen LogP) is 5.83. The number of hydrogen-bond acceptors (Lipinski definition) is 7. The molecule has 0 aliphatic carbocycles. The third-order valence-electron chi connectivity index (χ3n) is 8.09. The van der Waals surface area contributed by atoms with Gasteiger partial charge in [-0.2, -0.15) is 0 Å². The van der Waals surface area contributed by atoms with Crippen LogP contribution in [-0.2, 0) is 25.5 Å². The van der Waals surface area contributed by atoms with Crippen molar-refractivity contribution in [1.82, 2.24) is 4.90 Å². The minimum absolute atomic E-state index is 0.0679. The number of ether oxygens (including phenoxy) is 4. The third kappa shape index (κ3) is 9.59. The molecule has 9 nitrogen and oxygen atoms in total. The Morgan fingerprint density at radius 3 is 1.91 bits per heavy atom. The molecule has 1 fully saturated rings. The van der Waals surface area contributed by atoms with Crippen LogP contribution in [0.1, 0.15) is 47.3 Å². The minimum Gasteiger partial charge on any atom is -0.493 e. The summed E-state index contributed by atoms with van der Waals surface area (Å²) in [6.45, 7) is 3.96. The average molecular weight is 640 g/mol. The molecular formula is C35H39F2NO8. The van der Waals surface area contributed by atoms with Crippen LogP contribution in [0.25, 0.3) is 0 Å². The zero-order valence-corrected chi connectivity index (χ0v) is 25.9.